The van der Waals surface area contributed by atoms with Crippen LogP contribution in [0.1, 0.15) is 16.6 Å². The molecule has 0 aromatic carbocycles. The third kappa shape index (κ3) is 3.60. The molecule has 0 saturated carbocycles. The van der Waals surface area contributed by atoms with Gasteiger partial charge in [-0.05, 0) is 19.1 Å². The zero-order valence-electron chi connectivity index (χ0n) is 10.3. The number of sulfonamides is 1. The summed E-state index contributed by atoms with van der Waals surface area (Å²) in [5.41, 5.74) is 5.45. The van der Waals surface area contributed by atoms with Gasteiger partial charge in [0.2, 0.25) is 15.9 Å². The Bertz CT molecular complexity index is 647. The second kappa shape index (κ2) is 5.78. The van der Waals surface area contributed by atoms with E-state index in [2.05, 4.69) is 14.9 Å². The lowest BCUT2D eigenvalue weighted by molar-refractivity contribution is 0.375. The van der Waals surface area contributed by atoms with E-state index in [1.54, 1.807) is 19.1 Å². The van der Waals surface area contributed by atoms with Crippen molar-refractivity contribution in [2.24, 2.45) is 5.73 Å². The summed E-state index contributed by atoms with van der Waals surface area (Å²) in [5, 5.41) is 3.63. The monoisotopic (exact) mass is 302 g/mol. The van der Waals surface area contributed by atoms with Crippen LogP contribution in [0.15, 0.2) is 20.9 Å². The minimum atomic E-state index is -3.49. The maximum atomic E-state index is 11.9. The van der Waals surface area contributed by atoms with E-state index < -0.39 is 10.0 Å². The van der Waals surface area contributed by atoms with Crippen molar-refractivity contribution >= 4 is 21.4 Å². The Morgan fingerprint density at radius 2 is 2.26 bits per heavy atom. The highest BCUT2D eigenvalue weighted by molar-refractivity contribution is 7.91. The summed E-state index contributed by atoms with van der Waals surface area (Å²) in [6, 6.07) is 3.26. The van der Waals surface area contributed by atoms with E-state index in [4.69, 9.17) is 10.3 Å². The minimum Gasteiger partial charge on any atom is -0.339 e. The predicted molar refractivity (Wildman–Crippen MR) is 70.1 cm³/mol. The number of hydrogen-bond acceptors (Lipinski definition) is 7. The molecule has 0 aliphatic carbocycles. The Morgan fingerprint density at radius 3 is 2.84 bits per heavy atom. The van der Waals surface area contributed by atoms with E-state index in [9.17, 15) is 8.42 Å². The van der Waals surface area contributed by atoms with Gasteiger partial charge in [-0.25, -0.2) is 13.1 Å². The summed E-state index contributed by atoms with van der Waals surface area (Å²) >= 11 is 1.16. The molecule has 0 aliphatic heterocycles. The van der Waals surface area contributed by atoms with Gasteiger partial charge in [-0.1, -0.05) is 5.16 Å². The van der Waals surface area contributed by atoms with Crippen LogP contribution in [0.25, 0.3) is 0 Å². The zero-order chi connectivity index (χ0) is 13.9. The molecule has 0 unspecified atom stereocenters. The molecule has 0 radical (unpaired) electrons. The second-order valence-corrected chi connectivity index (χ2v) is 6.97. The fourth-order valence-electron chi connectivity index (χ4n) is 1.42. The standard InChI is InChI=1S/C10H14N4O3S2/c1-7-13-9(17-14-7)4-5-12-19(15,16)10-3-2-8(6-11)18-10/h2-3,12H,4-6,11H2,1H3. The van der Waals surface area contributed by atoms with E-state index in [1.165, 1.54) is 0 Å². The van der Waals surface area contributed by atoms with Gasteiger partial charge in [0.05, 0.1) is 0 Å². The van der Waals surface area contributed by atoms with Crippen molar-refractivity contribution in [3.63, 3.8) is 0 Å². The summed E-state index contributed by atoms with van der Waals surface area (Å²) < 4.78 is 31.5. The Balaban J connectivity index is 1.94. The van der Waals surface area contributed by atoms with Crippen LogP contribution in [0, 0.1) is 6.92 Å². The molecule has 19 heavy (non-hydrogen) atoms. The molecule has 0 atom stereocenters. The summed E-state index contributed by atoms with van der Waals surface area (Å²) in [5.74, 6) is 0.942. The zero-order valence-corrected chi connectivity index (χ0v) is 11.9. The van der Waals surface area contributed by atoms with Crippen LogP contribution in [0.2, 0.25) is 0 Å². The first-order chi connectivity index (χ1) is 9.01. The van der Waals surface area contributed by atoms with Gasteiger partial charge in [-0.2, -0.15) is 4.98 Å². The van der Waals surface area contributed by atoms with Gasteiger partial charge < -0.3 is 10.3 Å². The highest BCUT2D eigenvalue weighted by Gasteiger charge is 2.16. The highest BCUT2D eigenvalue weighted by atomic mass is 32.2. The number of nitrogens with one attached hydrogen (secondary N) is 1. The van der Waals surface area contributed by atoms with Gasteiger partial charge in [0, 0.05) is 24.4 Å². The number of nitrogens with zero attached hydrogens (tertiary/aromatic N) is 2. The summed E-state index contributed by atoms with van der Waals surface area (Å²) in [7, 11) is -3.49. The first-order valence-corrected chi connectivity index (χ1v) is 7.89. The van der Waals surface area contributed by atoms with Gasteiger partial charge in [-0.15, -0.1) is 11.3 Å². The lowest BCUT2D eigenvalue weighted by Crippen LogP contribution is -2.25. The van der Waals surface area contributed by atoms with E-state index in [0.717, 1.165) is 16.2 Å². The predicted octanol–water partition coefficient (Wildman–Crippen LogP) is 0.419. The average molecular weight is 302 g/mol. The number of rotatable bonds is 6. The summed E-state index contributed by atoms with van der Waals surface area (Å²) in [6.07, 6.45) is 0.356. The molecular formula is C10H14N4O3S2. The van der Waals surface area contributed by atoms with Crippen molar-refractivity contribution in [2.75, 3.05) is 6.54 Å². The van der Waals surface area contributed by atoms with Crippen molar-refractivity contribution in [3.05, 3.63) is 28.7 Å². The SMILES string of the molecule is Cc1noc(CCNS(=O)(=O)c2ccc(CN)s2)n1. The number of hydrogen-bond donors (Lipinski definition) is 2. The summed E-state index contributed by atoms with van der Waals surface area (Å²) in [4.78, 5) is 4.82. The smallest absolute Gasteiger partial charge is 0.250 e. The molecule has 0 fully saturated rings. The van der Waals surface area contributed by atoms with Crippen LogP contribution in [-0.2, 0) is 23.0 Å². The Morgan fingerprint density at radius 1 is 1.47 bits per heavy atom. The topological polar surface area (TPSA) is 111 Å². The molecule has 2 aromatic heterocycles. The first-order valence-electron chi connectivity index (χ1n) is 5.59. The molecule has 9 heteroatoms. The van der Waals surface area contributed by atoms with E-state index in [-0.39, 0.29) is 10.8 Å². The fraction of sp³-hybridized carbons (Fsp3) is 0.400. The van der Waals surface area contributed by atoms with Crippen molar-refractivity contribution < 1.29 is 12.9 Å². The molecule has 3 N–H and O–H groups in total. The van der Waals surface area contributed by atoms with Gasteiger partial charge in [0.15, 0.2) is 5.82 Å². The van der Waals surface area contributed by atoms with E-state index in [1.807, 2.05) is 0 Å². The number of aromatic nitrogens is 2. The van der Waals surface area contributed by atoms with E-state index >= 15 is 0 Å². The molecular weight excluding hydrogens is 288 g/mol. The molecule has 0 saturated heterocycles. The van der Waals surface area contributed by atoms with Crippen LogP contribution in [0.3, 0.4) is 0 Å². The van der Waals surface area contributed by atoms with Crippen LogP contribution >= 0.6 is 11.3 Å². The molecule has 2 rings (SSSR count). The van der Waals surface area contributed by atoms with Crippen molar-refractivity contribution in [2.45, 2.75) is 24.1 Å². The van der Waals surface area contributed by atoms with Gasteiger partial charge >= 0.3 is 0 Å². The average Bonchev–Trinajstić information content (AvgIpc) is 2.98. The third-order valence-corrected chi connectivity index (χ3v) is 5.36. The van der Waals surface area contributed by atoms with Crippen LogP contribution < -0.4 is 10.5 Å². The van der Waals surface area contributed by atoms with E-state index in [0.29, 0.717) is 24.7 Å². The molecule has 0 bridgehead atoms. The normalized spacial score (nSPS) is 11.9. The Kier molecular flexibility index (Phi) is 4.30. The minimum absolute atomic E-state index is 0.208. The van der Waals surface area contributed by atoms with Gasteiger partial charge in [0.25, 0.3) is 0 Å². The molecule has 2 aromatic rings. The maximum Gasteiger partial charge on any atom is 0.250 e. The Labute approximate surface area is 114 Å². The van der Waals surface area contributed by atoms with Gasteiger partial charge in [0.1, 0.15) is 4.21 Å². The molecule has 7 nitrogen and oxygen atoms in total. The van der Waals surface area contributed by atoms with Crippen LogP contribution in [0.5, 0.6) is 0 Å². The van der Waals surface area contributed by atoms with Crippen LogP contribution in [-0.4, -0.2) is 25.1 Å². The molecule has 0 aliphatic rings. The molecule has 0 spiro atoms. The number of thiophene rings is 1. The maximum absolute atomic E-state index is 11.9. The van der Waals surface area contributed by atoms with Crippen LogP contribution in [0.4, 0.5) is 0 Å². The van der Waals surface area contributed by atoms with Crippen molar-refractivity contribution in [1.82, 2.24) is 14.9 Å². The van der Waals surface area contributed by atoms with Crippen molar-refractivity contribution in [1.29, 1.82) is 0 Å². The van der Waals surface area contributed by atoms with Gasteiger partial charge in [-0.3, -0.25) is 0 Å². The lowest BCUT2D eigenvalue weighted by Gasteiger charge is -2.02. The fourth-order valence-corrected chi connectivity index (χ4v) is 3.73. The molecule has 104 valence electrons. The summed E-state index contributed by atoms with van der Waals surface area (Å²) in [6.45, 7) is 2.25. The Hall–Kier alpha value is -1.29. The molecule has 2 heterocycles. The third-order valence-electron chi connectivity index (χ3n) is 2.30. The first kappa shape index (κ1) is 14.1. The number of aryl methyl sites for hydroxylation is 1. The lowest BCUT2D eigenvalue weighted by atomic mass is 10.4. The molecule has 0 amide bonds. The second-order valence-electron chi connectivity index (χ2n) is 3.81. The largest absolute Gasteiger partial charge is 0.339 e. The van der Waals surface area contributed by atoms with Crippen molar-refractivity contribution in [3.8, 4) is 0 Å². The number of nitrogens with two attached hydrogens (primary N) is 1. The quantitative estimate of drug-likeness (QED) is 0.800. The highest BCUT2D eigenvalue weighted by Crippen LogP contribution is 2.20.